The lowest BCUT2D eigenvalue weighted by molar-refractivity contribution is -0.143. The summed E-state index contributed by atoms with van der Waals surface area (Å²) in [6.07, 6.45) is 3.37. The smallest absolute Gasteiger partial charge is 0.267 e. The zero-order valence-corrected chi connectivity index (χ0v) is 15.9. The highest BCUT2D eigenvalue weighted by molar-refractivity contribution is 5.93. The first-order valence-corrected chi connectivity index (χ1v) is 9.65. The van der Waals surface area contributed by atoms with Crippen molar-refractivity contribution in [2.45, 2.75) is 59.1 Å². The minimum Gasteiger partial charge on any atom is -0.382 e. The van der Waals surface area contributed by atoms with Crippen molar-refractivity contribution in [2.24, 2.45) is 11.1 Å². The molecule has 0 saturated carbocycles. The molecule has 1 saturated heterocycles. The van der Waals surface area contributed by atoms with Crippen molar-refractivity contribution in [3.63, 3.8) is 0 Å². The average molecular weight is 357 g/mol. The van der Waals surface area contributed by atoms with Crippen molar-refractivity contribution in [1.82, 2.24) is 14.9 Å². The van der Waals surface area contributed by atoms with Crippen LogP contribution in [-0.4, -0.2) is 52.2 Å². The molecule has 1 fully saturated rings. The molecular weight excluding hydrogens is 330 g/mol. The van der Waals surface area contributed by atoms with Crippen LogP contribution < -0.4 is 4.90 Å². The minimum atomic E-state index is -0.477. The van der Waals surface area contributed by atoms with Gasteiger partial charge in [-0.25, -0.2) is 9.97 Å². The van der Waals surface area contributed by atoms with Gasteiger partial charge in [0, 0.05) is 31.6 Å². The Morgan fingerprint density at radius 2 is 1.96 bits per heavy atom. The highest BCUT2D eigenvalue weighted by Gasteiger charge is 2.35. The summed E-state index contributed by atoms with van der Waals surface area (Å²) in [6.45, 7) is 9.44. The van der Waals surface area contributed by atoms with Crippen LogP contribution in [0.5, 0.6) is 0 Å². The Morgan fingerprint density at radius 1 is 1.19 bits per heavy atom. The summed E-state index contributed by atoms with van der Waals surface area (Å²) in [5, 5.41) is 4.09. The van der Waals surface area contributed by atoms with Crippen molar-refractivity contribution in [3.8, 4) is 0 Å². The third kappa shape index (κ3) is 3.15. The second-order valence-electron chi connectivity index (χ2n) is 7.76. The van der Waals surface area contributed by atoms with E-state index in [9.17, 15) is 4.79 Å². The van der Waals surface area contributed by atoms with E-state index >= 15 is 0 Å². The third-order valence-electron chi connectivity index (χ3n) is 5.51. The number of rotatable bonds is 3. The van der Waals surface area contributed by atoms with E-state index in [1.807, 2.05) is 11.8 Å². The molecule has 3 aliphatic heterocycles. The summed E-state index contributed by atoms with van der Waals surface area (Å²) in [5.74, 6) is 2.20. The molecular formula is C19H27N5O2. The molecule has 7 heteroatoms. The van der Waals surface area contributed by atoms with Gasteiger partial charge in [-0.15, -0.1) is 0 Å². The molecule has 1 aromatic rings. The highest BCUT2D eigenvalue weighted by atomic mass is 16.6. The molecule has 26 heavy (non-hydrogen) atoms. The molecule has 1 unspecified atom stereocenters. The van der Waals surface area contributed by atoms with E-state index in [2.05, 4.69) is 28.9 Å². The Bertz CT molecular complexity index is 740. The predicted octanol–water partition coefficient (Wildman–Crippen LogP) is 2.07. The van der Waals surface area contributed by atoms with Gasteiger partial charge in [-0.3, -0.25) is 4.79 Å². The summed E-state index contributed by atoms with van der Waals surface area (Å²) in [4.78, 5) is 31.9. The van der Waals surface area contributed by atoms with Crippen LogP contribution in [0.25, 0.3) is 0 Å². The number of nitrogens with zero attached hydrogens (tertiary/aromatic N) is 5. The Hall–Kier alpha value is -2.18. The monoisotopic (exact) mass is 357 g/mol. The lowest BCUT2D eigenvalue weighted by Crippen LogP contribution is -2.43. The van der Waals surface area contributed by atoms with Gasteiger partial charge in [0.25, 0.3) is 5.91 Å². The molecule has 140 valence electrons. The van der Waals surface area contributed by atoms with E-state index in [0.29, 0.717) is 25.4 Å². The maximum atomic E-state index is 12.9. The number of carbonyl (C=O) groups excluding carboxylic acids is 1. The van der Waals surface area contributed by atoms with Crippen molar-refractivity contribution in [2.75, 3.05) is 24.5 Å². The number of hydrogen-bond acceptors (Lipinski definition) is 6. The molecule has 0 aliphatic carbocycles. The molecule has 0 N–H and O–H groups in total. The Balaban J connectivity index is 1.50. The Kier molecular flexibility index (Phi) is 4.54. The van der Waals surface area contributed by atoms with Crippen LogP contribution in [0, 0.1) is 12.8 Å². The fraction of sp³-hybridized carbons (Fsp3) is 0.684. The molecule has 4 rings (SSSR count). The van der Waals surface area contributed by atoms with E-state index in [0.717, 1.165) is 42.6 Å². The van der Waals surface area contributed by atoms with Gasteiger partial charge in [-0.05, 0) is 32.1 Å². The van der Waals surface area contributed by atoms with Crippen LogP contribution in [0.2, 0.25) is 0 Å². The van der Waals surface area contributed by atoms with Gasteiger partial charge in [-0.2, -0.15) is 0 Å². The van der Waals surface area contributed by atoms with Gasteiger partial charge in [0.15, 0.2) is 0 Å². The number of amides is 1. The summed E-state index contributed by atoms with van der Waals surface area (Å²) in [5.41, 5.74) is 3.17. The van der Waals surface area contributed by atoms with Crippen molar-refractivity contribution < 1.29 is 9.63 Å². The second kappa shape index (κ2) is 6.85. The van der Waals surface area contributed by atoms with Crippen LogP contribution in [0.15, 0.2) is 5.16 Å². The summed E-state index contributed by atoms with van der Waals surface area (Å²) >= 11 is 0. The fourth-order valence-electron chi connectivity index (χ4n) is 3.98. The van der Waals surface area contributed by atoms with Crippen molar-refractivity contribution in [1.29, 1.82) is 0 Å². The Morgan fingerprint density at radius 3 is 2.65 bits per heavy atom. The molecule has 1 amide bonds. The van der Waals surface area contributed by atoms with Crippen LogP contribution in [0.1, 0.15) is 50.2 Å². The largest absolute Gasteiger partial charge is 0.382 e. The third-order valence-corrected chi connectivity index (χ3v) is 5.51. The van der Waals surface area contributed by atoms with Crippen LogP contribution in [0.3, 0.4) is 0 Å². The first-order valence-electron chi connectivity index (χ1n) is 9.65. The molecule has 1 atom stereocenters. The molecule has 4 heterocycles. The van der Waals surface area contributed by atoms with Crippen molar-refractivity contribution in [3.05, 3.63) is 17.1 Å². The number of anilines is 1. The predicted molar refractivity (Wildman–Crippen MR) is 99.1 cm³/mol. The summed E-state index contributed by atoms with van der Waals surface area (Å²) < 4.78 is 0. The van der Waals surface area contributed by atoms with E-state index in [-0.39, 0.29) is 5.91 Å². The van der Waals surface area contributed by atoms with E-state index in [1.165, 1.54) is 18.4 Å². The van der Waals surface area contributed by atoms with E-state index in [1.54, 1.807) is 0 Å². The number of carbonyl (C=O) groups is 1. The highest BCUT2D eigenvalue weighted by Crippen LogP contribution is 2.29. The standard InChI is InChI=1S/C19H27N5O2/c1-12(2)15-10-17(26-22-15)19(25)24-9-6-14-16(11-24)20-13(3)21-18(14)23-7-4-5-8-23/h12,17H,4-11H2,1-3H3. The number of fused-ring (bicyclic) bond motifs is 1. The first kappa shape index (κ1) is 17.2. The molecule has 0 bridgehead atoms. The molecule has 7 nitrogen and oxygen atoms in total. The molecule has 0 radical (unpaired) electrons. The lowest BCUT2D eigenvalue weighted by Gasteiger charge is -2.32. The molecule has 0 aromatic carbocycles. The number of aromatic nitrogens is 2. The van der Waals surface area contributed by atoms with E-state index < -0.39 is 6.10 Å². The first-order chi connectivity index (χ1) is 12.5. The topological polar surface area (TPSA) is 70.9 Å². The zero-order valence-electron chi connectivity index (χ0n) is 15.9. The lowest BCUT2D eigenvalue weighted by atomic mass is 10.0. The molecule has 0 spiro atoms. The quantitative estimate of drug-likeness (QED) is 0.828. The maximum Gasteiger partial charge on any atom is 0.267 e. The van der Waals surface area contributed by atoms with Gasteiger partial charge >= 0.3 is 0 Å². The van der Waals surface area contributed by atoms with Gasteiger partial charge in [0.2, 0.25) is 6.10 Å². The second-order valence-corrected chi connectivity index (χ2v) is 7.76. The van der Waals surface area contributed by atoms with Gasteiger partial charge in [0.1, 0.15) is 11.6 Å². The van der Waals surface area contributed by atoms with Gasteiger partial charge in [-0.1, -0.05) is 19.0 Å². The molecule has 1 aromatic heterocycles. The number of aryl methyl sites for hydroxylation is 1. The van der Waals surface area contributed by atoms with Crippen LogP contribution in [0.4, 0.5) is 5.82 Å². The minimum absolute atomic E-state index is 0.0223. The van der Waals surface area contributed by atoms with Gasteiger partial charge in [0.05, 0.1) is 18.0 Å². The number of hydrogen-bond donors (Lipinski definition) is 0. The van der Waals surface area contributed by atoms with Crippen molar-refractivity contribution >= 4 is 17.4 Å². The summed E-state index contributed by atoms with van der Waals surface area (Å²) in [6, 6.07) is 0. The Labute approximate surface area is 154 Å². The van der Waals surface area contributed by atoms with Crippen LogP contribution in [-0.2, 0) is 22.6 Å². The SMILES string of the molecule is Cc1nc2c(c(N3CCCC3)n1)CCN(C(=O)C1CC(C(C)C)=NO1)C2. The zero-order chi connectivity index (χ0) is 18.3. The van der Waals surface area contributed by atoms with Gasteiger partial charge < -0.3 is 14.6 Å². The average Bonchev–Trinajstić information content (AvgIpc) is 3.31. The van der Waals surface area contributed by atoms with E-state index in [4.69, 9.17) is 9.82 Å². The molecule has 3 aliphatic rings. The maximum absolute atomic E-state index is 12.9. The fourth-order valence-corrected chi connectivity index (χ4v) is 3.98. The number of oxime groups is 1. The summed E-state index contributed by atoms with van der Waals surface area (Å²) in [7, 11) is 0. The normalized spacial score (nSPS) is 22.5. The van der Waals surface area contributed by atoms with Crippen LogP contribution >= 0.6 is 0 Å².